The maximum atomic E-state index is 13.3. The lowest BCUT2D eigenvalue weighted by atomic mass is 10.0. The summed E-state index contributed by atoms with van der Waals surface area (Å²) in [4.78, 5) is 61.4. The predicted octanol–water partition coefficient (Wildman–Crippen LogP) is -0.817. The standard InChI is InChI=1S/C23H35N5O7S2/c1-36-9-7-16(21(32)27-17(23(34)35)8-10-37-2)26-22(33)18(11-13-3-5-14(29)6-4-13)28-20(31)15(24)12-19(25)30/h3-6,15-18,29H,7-12,24H2,1-2H3,(H2,25,30)(H,26,33)(H,27,32)(H,28,31)(H,34,35). The average Bonchev–Trinajstić information content (AvgIpc) is 2.84. The van der Waals surface area contributed by atoms with Gasteiger partial charge in [0.25, 0.3) is 0 Å². The number of carbonyl (C=O) groups is 5. The van der Waals surface area contributed by atoms with E-state index in [0.717, 1.165) is 0 Å². The third-order valence-electron chi connectivity index (χ3n) is 5.24. The quantitative estimate of drug-likeness (QED) is 0.126. The number of rotatable bonds is 17. The Balaban J connectivity index is 3.10. The molecule has 0 aliphatic carbocycles. The maximum absolute atomic E-state index is 13.3. The van der Waals surface area contributed by atoms with Gasteiger partial charge in [-0.1, -0.05) is 12.1 Å². The normalized spacial score (nSPS) is 14.0. The Morgan fingerprint density at radius 3 is 1.84 bits per heavy atom. The molecule has 0 aliphatic heterocycles. The lowest BCUT2D eigenvalue weighted by Crippen LogP contribution is -2.58. The molecule has 0 spiro atoms. The molecule has 4 amide bonds. The van der Waals surface area contributed by atoms with Crippen LogP contribution in [0.4, 0.5) is 0 Å². The highest BCUT2D eigenvalue weighted by molar-refractivity contribution is 7.98. The predicted molar refractivity (Wildman–Crippen MR) is 143 cm³/mol. The highest BCUT2D eigenvalue weighted by Crippen LogP contribution is 2.12. The third kappa shape index (κ3) is 12.2. The Hall–Kier alpha value is -2.97. The number of nitrogens with one attached hydrogen (secondary N) is 3. The average molecular weight is 558 g/mol. The van der Waals surface area contributed by atoms with Crippen LogP contribution in [0.15, 0.2) is 24.3 Å². The van der Waals surface area contributed by atoms with E-state index in [1.165, 1.54) is 35.7 Å². The van der Waals surface area contributed by atoms with Crippen LogP contribution < -0.4 is 27.4 Å². The fraction of sp³-hybridized carbons (Fsp3) is 0.522. The summed E-state index contributed by atoms with van der Waals surface area (Å²) in [7, 11) is 0. The van der Waals surface area contributed by atoms with Crippen LogP contribution in [0, 0.1) is 0 Å². The number of aliphatic carboxylic acids is 1. The Labute approximate surface area is 224 Å². The molecule has 1 aromatic rings. The van der Waals surface area contributed by atoms with Crippen molar-refractivity contribution < 1.29 is 34.2 Å². The van der Waals surface area contributed by atoms with E-state index in [4.69, 9.17) is 11.5 Å². The first-order chi connectivity index (χ1) is 17.5. The van der Waals surface area contributed by atoms with Crippen LogP contribution in [0.5, 0.6) is 5.75 Å². The van der Waals surface area contributed by atoms with Gasteiger partial charge in [-0.25, -0.2) is 4.79 Å². The summed E-state index contributed by atoms with van der Waals surface area (Å²) < 4.78 is 0. The molecule has 206 valence electrons. The topological polar surface area (TPSA) is 214 Å². The van der Waals surface area contributed by atoms with Crippen molar-refractivity contribution in [3.05, 3.63) is 29.8 Å². The molecule has 4 unspecified atom stereocenters. The summed E-state index contributed by atoms with van der Waals surface area (Å²) in [5.41, 5.74) is 11.4. The lowest BCUT2D eigenvalue weighted by molar-refractivity contribution is -0.142. The highest BCUT2D eigenvalue weighted by atomic mass is 32.2. The number of primary amides is 1. The molecule has 1 rings (SSSR count). The molecule has 0 heterocycles. The van der Waals surface area contributed by atoms with Crippen molar-refractivity contribution in [1.82, 2.24) is 16.0 Å². The van der Waals surface area contributed by atoms with Gasteiger partial charge in [0.05, 0.1) is 12.5 Å². The molecule has 0 saturated heterocycles. The van der Waals surface area contributed by atoms with E-state index in [2.05, 4.69) is 16.0 Å². The van der Waals surface area contributed by atoms with Crippen molar-refractivity contribution in [2.75, 3.05) is 24.0 Å². The maximum Gasteiger partial charge on any atom is 0.326 e. The summed E-state index contributed by atoms with van der Waals surface area (Å²) in [6.07, 6.45) is 3.63. The van der Waals surface area contributed by atoms with Gasteiger partial charge in [-0.3, -0.25) is 19.2 Å². The molecule has 0 saturated carbocycles. The molecule has 0 fully saturated rings. The van der Waals surface area contributed by atoms with Crippen LogP contribution in [-0.2, 0) is 30.4 Å². The van der Waals surface area contributed by atoms with E-state index >= 15 is 0 Å². The Bertz CT molecular complexity index is 933. The van der Waals surface area contributed by atoms with Crippen LogP contribution in [0.3, 0.4) is 0 Å². The number of hydrogen-bond donors (Lipinski definition) is 7. The Kier molecular flexibility index (Phi) is 14.5. The number of carboxylic acid groups (broad SMARTS) is 1. The monoisotopic (exact) mass is 557 g/mol. The fourth-order valence-corrected chi connectivity index (χ4v) is 4.15. The number of benzene rings is 1. The van der Waals surface area contributed by atoms with Gasteiger partial charge in [-0.15, -0.1) is 0 Å². The van der Waals surface area contributed by atoms with E-state index in [9.17, 15) is 34.2 Å². The van der Waals surface area contributed by atoms with E-state index in [-0.39, 0.29) is 25.0 Å². The van der Waals surface area contributed by atoms with Crippen LogP contribution in [-0.4, -0.2) is 88.0 Å². The number of phenols is 1. The van der Waals surface area contributed by atoms with Crippen LogP contribution in [0.25, 0.3) is 0 Å². The van der Waals surface area contributed by atoms with Gasteiger partial charge in [-0.05, 0) is 54.6 Å². The number of nitrogens with two attached hydrogens (primary N) is 2. The number of hydrogen-bond acceptors (Lipinski definition) is 9. The zero-order valence-electron chi connectivity index (χ0n) is 20.8. The summed E-state index contributed by atoms with van der Waals surface area (Å²) in [6.45, 7) is 0. The molecule has 0 radical (unpaired) electrons. The molecule has 1 aromatic carbocycles. The van der Waals surface area contributed by atoms with Gasteiger partial charge in [0.1, 0.15) is 23.9 Å². The van der Waals surface area contributed by atoms with E-state index in [1.807, 2.05) is 12.5 Å². The molecule has 4 atom stereocenters. The van der Waals surface area contributed by atoms with Crippen molar-refractivity contribution in [3.8, 4) is 5.75 Å². The summed E-state index contributed by atoms with van der Waals surface area (Å²) in [6, 6.07) is 1.31. The lowest BCUT2D eigenvalue weighted by Gasteiger charge is -2.25. The van der Waals surface area contributed by atoms with E-state index in [1.54, 1.807) is 12.1 Å². The number of thioether (sulfide) groups is 2. The van der Waals surface area contributed by atoms with Gasteiger partial charge in [0.2, 0.25) is 23.6 Å². The van der Waals surface area contributed by atoms with Crippen molar-refractivity contribution >= 4 is 53.1 Å². The number of carbonyl (C=O) groups excluding carboxylic acids is 4. The third-order valence-corrected chi connectivity index (χ3v) is 6.52. The molecular weight excluding hydrogens is 522 g/mol. The largest absolute Gasteiger partial charge is 0.508 e. The second kappa shape index (κ2) is 16.7. The minimum absolute atomic E-state index is 0.0104. The second-order valence-corrected chi connectivity index (χ2v) is 10.2. The number of aromatic hydroxyl groups is 1. The summed E-state index contributed by atoms with van der Waals surface area (Å²) in [5, 5.41) is 26.6. The van der Waals surface area contributed by atoms with Gasteiger partial charge < -0.3 is 37.6 Å². The van der Waals surface area contributed by atoms with Crippen LogP contribution in [0.1, 0.15) is 24.8 Å². The van der Waals surface area contributed by atoms with Crippen molar-refractivity contribution in [1.29, 1.82) is 0 Å². The molecule has 9 N–H and O–H groups in total. The molecule has 0 aromatic heterocycles. The highest BCUT2D eigenvalue weighted by Gasteiger charge is 2.30. The zero-order chi connectivity index (χ0) is 28.0. The first-order valence-corrected chi connectivity index (χ1v) is 14.2. The number of carboxylic acids is 1. The van der Waals surface area contributed by atoms with E-state index in [0.29, 0.717) is 17.1 Å². The Morgan fingerprint density at radius 1 is 0.838 bits per heavy atom. The van der Waals surface area contributed by atoms with Crippen LogP contribution in [0.2, 0.25) is 0 Å². The minimum atomic E-state index is -1.28. The smallest absolute Gasteiger partial charge is 0.326 e. The fourth-order valence-electron chi connectivity index (χ4n) is 3.21. The van der Waals surface area contributed by atoms with Gasteiger partial charge in [-0.2, -0.15) is 23.5 Å². The molecule has 12 nitrogen and oxygen atoms in total. The molecular formula is C23H35N5O7S2. The van der Waals surface area contributed by atoms with Crippen molar-refractivity contribution in [3.63, 3.8) is 0 Å². The molecule has 37 heavy (non-hydrogen) atoms. The Morgan fingerprint density at radius 2 is 1.32 bits per heavy atom. The SMILES string of the molecule is CSCCC(NC(=O)C(CCSC)NC(=O)C(Cc1ccc(O)cc1)NC(=O)C(N)CC(N)=O)C(=O)O. The summed E-state index contributed by atoms with van der Waals surface area (Å²) >= 11 is 2.88. The van der Waals surface area contributed by atoms with Crippen molar-refractivity contribution in [2.45, 2.75) is 49.9 Å². The van der Waals surface area contributed by atoms with Gasteiger partial charge >= 0.3 is 5.97 Å². The second-order valence-electron chi connectivity index (χ2n) is 8.23. The van der Waals surface area contributed by atoms with Gasteiger partial charge in [0, 0.05) is 6.42 Å². The van der Waals surface area contributed by atoms with E-state index < -0.39 is 60.2 Å². The zero-order valence-corrected chi connectivity index (χ0v) is 22.4. The van der Waals surface area contributed by atoms with Crippen LogP contribution >= 0.6 is 23.5 Å². The molecule has 0 bridgehead atoms. The van der Waals surface area contributed by atoms with Gasteiger partial charge in [0.15, 0.2) is 0 Å². The molecule has 14 heteroatoms. The summed E-state index contributed by atoms with van der Waals surface area (Å²) in [5.74, 6) is -3.08. The number of phenolic OH excluding ortho intramolecular Hbond substituents is 1. The molecule has 0 aliphatic rings. The minimum Gasteiger partial charge on any atom is -0.508 e. The first kappa shape index (κ1) is 32.1. The van der Waals surface area contributed by atoms with Crippen molar-refractivity contribution in [2.24, 2.45) is 11.5 Å². The first-order valence-electron chi connectivity index (χ1n) is 11.4. The number of amides is 4.